The Morgan fingerprint density at radius 3 is 2.48 bits per heavy atom. The van der Waals surface area contributed by atoms with Crippen molar-refractivity contribution in [2.24, 2.45) is 5.92 Å². The lowest BCUT2D eigenvalue weighted by atomic mass is 9.99. The van der Waals surface area contributed by atoms with Gasteiger partial charge in [-0.1, -0.05) is 19.9 Å². The largest absolute Gasteiger partial charge is 0.434 e. The molecule has 4 heterocycles. The van der Waals surface area contributed by atoms with E-state index in [0.717, 1.165) is 42.9 Å². The molecule has 0 radical (unpaired) electrons. The predicted molar refractivity (Wildman–Crippen MR) is 181 cm³/mol. The van der Waals surface area contributed by atoms with Crippen LogP contribution in [0.25, 0.3) is 32.6 Å². The van der Waals surface area contributed by atoms with Crippen molar-refractivity contribution in [1.29, 1.82) is 0 Å². The third-order valence-electron chi connectivity index (χ3n) is 8.02. The van der Waals surface area contributed by atoms with E-state index in [4.69, 9.17) is 0 Å². The molecular weight excluding hydrogens is 645 g/mol. The molecule has 15 heteroatoms. The van der Waals surface area contributed by atoms with Crippen LogP contribution in [0.4, 0.5) is 23.8 Å². The van der Waals surface area contributed by atoms with Crippen LogP contribution in [0.5, 0.6) is 0 Å². The summed E-state index contributed by atoms with van der Waals surface area (Å²) >= 11 is 0.822. The molecule has 0 bridgehead atoms. The Labute approximate surface area is 280 Å². The number of hydrogen-bond donors (Lipinski definition) is 3. The number of likely N-dealkylation sites (N-methyl/N-ethyl adjacent to an activating group) is 1. The van der Waals surface area contributed by atoms with Crippen LogP contribution in [0.3, 0.4) is 0 Å². The van der Waals surface area contributed by atoms with Crippen molar-refractivity contribution < 1.29 is 22.8 Å². The van der Waals surface area contributed by atoms with Crippen LogP contribution in [-0.4, -0.2) is 89.1 Å². The molecule has 256 valence electrons. The van der Waals surface area contributed by atoms with Crippen LogP contribution in [0.15, 0.2) is 46.8 Å². The summed E-state index contributed by atoms with van der Waals surface area (Å²) in [7, 11) is 2.08. The number of nitrogens with one attached hydrogen (secondary N) is 3. The summed E-state index contributed by atoms with van der Waals surface area (Å²) in [6.07, 6.45) is -1.59. The number of hydrogen-bond acceptors (Lipinski definition) is 8. The Bertz CT molecular complexity index is 1850. The van der Waals surface area contributed by atoms with Crippen molar-refractivity contribution in [3.05, 3.63) is 63.5 Å². The number of halogens is 3. The minimum absolute atomic E-state index is 0.0416. The molecule has 1 fully saturated rings. The highest BCUT2D eigenvalue weighted by atomic mass is 32.1. The van der Waals surface area contributed by atoms with Gasteiger partial charge in [0.15, 0.2) is 5.69 Å². The Morgan fingerprint density at radius 1 is 1.06 bits per heavy atom. The number of thiazole rings is 1. The van der Waals surface area contributed by atoms with Gasteiger partial charge in [-0.25, -0.2) is 14.8 Å². The minimum atomic E-state index is -4.63. The highest BCUT2D eigenvalue weighted by molar-refractivity contribution is 7.13. The molecule has 1 aliphatic rings. The van der Waals surface area contributed by atoms with E-state index in [2.05, 4.69) is 42.8 Å². The quantitative estimate of drug-likeness (QED) is 0.215. The summed E-state index contributed by atoms with van der Waals surface area (Å²) in [5, 5.41) is 9.46. The molecule has 0 aliphatic carbocycles. The van der Waals surface area contributed by atoms with E-state index in [9.17, 15) is 27.6 Å². The number of rotatable bonds is 10. The molecule has 11 nitrogen and oxygen atoms in total. The zero-order valence-electron chi connectivity index (χ0n) is 27.3. The number of fused-ring (bicyclic) bond motifs is 1. The monoisotopic (exact) mass is 684 g/mol. The molecule has 48 heavy (non-hydrogen) atoms. The van der Waals surface area contributed by atoms with Gasteiger partial charge in [0.2, 0.25) is 5.43 Å². The molecule has 1 aliphatic heterocycles. The molecule has 0 unspecified atom stereocenters. The van der Waals surface area contributed by atoms with E-state index >= 15 is 0 Å². The number of carbonyl (C=O) groups is 2. The van der Waals surface area contributed by atoms with E-state index in [1.165, 1.54) is 12.3 Å². The standard InChI is InChI=1S/C33H39F3N8O3S/c1-5-37-32(47)41-28-15-23(31-40-27(19-48-31)33(34,35)36)24(16-39-28)21-6-7-22-26(14-21)44(17-20(2)3)18-25(29(22)45)30(46)38-8-9-43-12-10-42(4)11-13-43/h6-7,14-16,18-20H,5,8-13,17H2,1-4H3,(H,38,46)(H2,37,39,41,47). The summed E-state index contributed by atoms with van der Waals surface area (Å²) in [6.45, 7) is 11.5. The van der Waals surface area contributed by atoms with Gasteiger partial charge in [-0.3, -0.25) is 19.8 Å². The zero-order chi connectivity index (χ0) is 34.6. The van der Waals surface area contributed by atoms with Crippen LogP contribution < -0.4 is 21.4 Å². The van der Waals surface area contributed by atoms with Gasteiger partial charge >= 0.3 is 12.2 Å². The normalized spacial score (nSPS) is 14.4. The van der Waals surface area contributed by atoms with Crippen molar-refractivity contribution in [3.8, 4) is 21.7 Å². The fourth-order valence-electron chi connectivity index (χ4n) is 5.54. The summed E-state index contributed by atoms with van der Waals surface area (Å²) in [5.74, 6) is -0.145. The number of pyridine rings is 2. The van der Waals surface area contributed by atoms with Crippen LogP contribution in [0.2, 0.25) is 0 Å². The molecule has 0 spiro atoms. The molecule has 5 rings (SSSR count). The second-order valence-corrected chi connectivity index (χ2v) is 13.0. The molecule has 0 saturated carbocycles. The molecule has 1 aromatic carbocycles. The van der Waals surface area contributed by atoms with Crippen molar-refractivity contribution in [3.63, 3.8) is 0 Å². The average Bonchev–Trinajstić information content (AvgIpc) is 3.54. The van der Waals surface area contributed by atoms with Crippen molar-refractivity contribution in [2.45, 2.75) is 33.5 Å². The first-order valence-corrected chi connectivity index (χ1v) is 16.7. The van der Waals surface area contributed by atoms with Crippen LogP contribution in [0.1, 0.15) is 36.8 Å². The number of aromatic nitrogens is 3. The summed E-state index contributed by atoms with van der Waals surface area (Å²) in [6, 6.07) is 6.03. The molecule has 0 atom stereocenters. The van der Waals surface area contributed by atoms with Gasteiger partial charge in [-0.05, 0) is 43.7 Å². The van der Waals surface area contributed by atoms with Crippen LogP contribution in [0, 0.1) is 5.92 Å². The lowest BCUT2D eigenvalue weighted by molar-refractivity contribution is -0.140. The first-order valence-electron chi connectivity index (χ1n) is 15.8. The Morgan fingerprint density at radius 2 is 1.81 bits per heavy atom. The third-order valence-corrected chi connectivity index (χ3v) is 8.89. The first-order chi connectivity index (χ1) is 22.8. The fraction of sp³-hybridized carbons (Fsp3) is 0.424. The maximum Gasteiger partial charge on any atom is 0.434 e. The number of alkyl halides is 3. The Balaban J connectivity index is 1.52. The number of carbonyl (C=O) groups excluding carboxylic acids is 2. The minimum Gasteiger partial charge on any atom is -0.351 e. The third kappa shape index (κ3) is 8.20. The maximum absolute atomic E-state index is 13.7. The Kier molecular flexibility index (Phi) is 10.8. The summed E-state index contributed by atoms with van der Waals surface area (Å²) in [4.78, 5) is 51.9. The highest BCUT2D eigenvalue weighted by Gasteiger charge is 2.34. The zero-order valence-corrected chi connectivity index (χ0v) is 28.1. The number of amides is 3. The number of urea groups is 1. The molecule has 3 aromatic heterocycles. The molecular formula is C33H39F3N8O3S. The van der Waals surface area contributed by atoms with Gasteiger partial charge in [-0.2, -0.15) is 13.2 Å². The summed E-state index contributed by atoms with van der Waals surface area (Å²) in [5.41, 5.74) is 0.511. The smallest absolute Gasteiger partial charge is 0.351 e. The van der Waals surface area contributed by atoms with Crippen molar-refractivity contribution >= 4 is 40.0 Å². The van der Waals surface area contributed by atoms with E-state index in [-0.39, 0.29) is 22.3 Å². The van der Waals surface area contributed by atoms with Crippen LogP contribution >= 0.6 is 11.3 Å². The van der Waals surface area contributed by atoms with E-state index < -0.39 is 29.2 Å². The maximum atomic E-state index is 13.7. The lowest BCUT2D eigenvalue weighted by Gasteiger charge is -2.32. The van der Waals surface area contributed by atoms with E-state index in [1.54, 1.807) is 31.3 Å². The van der Waals surface area contributed by atoms with E-state index in [0.29, 0.717) is 53.8 Å². The summed E-state index contributed by atoms with van der Waals surface area (Å²) < 4.78 is 42.4. The number of benzene rings is 1. The molecule has 1 saturated heterocycles. The highest BCUT2D eigenvalue weighted by Crippen LogP contribution is 2.39. The fourth-order valence-corrected chi connectivity index (χ4v) is 6.39. The second-order valence-electron chi connectivity index (χ2n) is 12.2. The molecule has 4 aromatic rings. The molecule has 3 N–H and O–H groups in total. The van der Waals surface area contributed by atoms with Gasteiger partial charge in [-0.15, -0.1) is 11.3 Å². The molecule has 3 amide bonds. The van der Waals surface area contributed by atoms with Gasteiger partial charge < -0.3 is 20.1 Å². The van der Waals surface area contributed by atoms with Crippen LogP contribution in [-0.2, 0) is 12.7 Å². The Hall–Kier alpha value is -4.34. The van der Waals surface area contributed by atoms with Crippen molar-refractivity contribution in [2.75, 3.05) is 58.2 Å². The number of nitrogens with zero attached hydrogens (tertiary/aromatic N) is 5. The van der Waals surface area contributed by atoms with Gasteiger partial charge in [0.25, 0.3) is 5.91 Å². The second kappa shape index (κ2) is 14.8. The van der Waals surface area contributed by atoms with Gasteiger partial charge in [0.1, 0.15) is 16.4 Å². The van der Waals surface area contributed by atoms with E-state index in [1.807, 2.05) is 18.4 Å². The number of piperazine rings is 1. The van der Waals surface area contributed by atoms with Gasteiger partial charge in [0, 0.05) is 86.6 Å². The van der Waals surface area contributed by atoms with Crippen molar-refractivity contribution in [1.82, 2.24) is 35.0 Å². The topological polar surface area (TPSA) is 124 Å². The van der Waals surface area contributed by atoms with Gasteiger partial charge in [0.05, 0.1) is 5.52 Å². The average molecular weight is 685 g/mol. The first kappa shape index (κ1) is 35.0. The lowest BCUT2D eigenvalue weighted by Crippen LogP contribution is -2.47. The number of anilines is 1. The SMILES string of the molecule is CCNC(=O)Nc1cc(-c2nc(C(F)(F)F)cs2)c(-c2ccc3c(=O)c(C(=O)NCCN4CCN(C)CC4)cn(CC(C)C)c3c2)cn1. The predicted octanol–water partition coefficient (Wildman–Crippen LogP) is 4.98.